The summed E-state index contributed by atoms with van der Waals surface area (Å²) in [4.78, 5) is 11.2. The minimum atomic E-state index is -4.52. The molecule has 0 radical (unpaired) electrons. The minimum Gasteiger partial charge on any atom is -0.308 e. The zero-order chi connectivity index (χ0) is 10.9. The molecule has 80 valence electrons. The Balaban J connectivity index is 2.87. The number of Topliss-reactive ketones (excluding diaryl/α,β-unsaturated/α-hetero) is 1. The van der Waals surface area contributed by atoms with Gasteiger partial charge in [-0.15, -0.1) is 5.01 Å². The first-order valence-corrected chi connectivity index (χ1v) is 4.17. The van der Waals surface area contributed by atoms with Crippen LogP contribution in [0.1, 0.15) is 13.3 Å². The maximum atomic E-state index is 12.4. The Kier molecular flexibility index (Phi) is 2.84. The second kappa shape index (κ2) is 3.61. The highest BCUT2D eigenvalue weighted by atomic mass is 19.4. The quantitative estimate of drug-likeness (QED) is 0.643. The van der Waals surface area contributed by atoms with Gasteiger partial charge in [0.05, 0.1) is 0 Å². The standard InChI is InChI=1S/C8H11F3N2O/c1-3-7(14)6-4-5-12(2)13(6)8(9,10)11/h4-6H,3H2,1-2H3. The van der Waals surface area contributed by atoms with Crippen molar-refractivity contribution in [2.75, 3.05) is 7.05 Å². The van der Waals surface area contributed by atoms with Crippen LogP contribution in [0.4, 0.5) is 13.2 Å². The van der Waals surface area contributed by atoms with E-state index in [9.17, 15) is 18.0 Å². The lowest BCUT2D eigenvalue weighted by Gasteiger charge is -2.31. The third kappa shape index (κ3) is 1.89. The van der Waals surface area contributed by atoms with Crippen molar-refractivity contribution in [3.05, 3.63) is 12.3 Å². The Morgan fingerprint density at radius 1 is 1.50 bits per heavy atom. The Morgan fingerprint density at radius 2 is 2.07 bits per heavy atom. The highest BCUT2D eigenvalue weighted by Gasteiger charge is 2.47. The lowest BCUT2D eigenvalue weighted by Crippen LogP contribution is -2.51. The molecule has 0 aromatic carbocycles. The van der Waals surface area contributed by atoms with Gasteiger partial charge in [-0.2, -0.15) is 13.2 Å². The molecule has 6 heteroatoms. The van der Waals surface area contributed by atoms with Crippen LogP contribution in [-0.4, -0.2) is 35.2 Å². The normalized spacial score (nSPS) is 23.2. The molecule has 0 N–H and O–H groups in total. The number of hydrogen-bond acceptors (Lipinski definition) is 3. The van der Waals surface area contributed by atoms with Crippen LogP contribution in [-0.2, 0) is 4.79 Å². The molecule has 0 saturated heterocycles. The van der Waals surface area contributed by atoms with Crippen molar-refractivity contribution < 1.29 is 18.0 Å². The third-order valence-corrected chi connectivity index (χ3v) is 2.03. The molecule has 0 amide bonds. The highest BCUT2D eigenvalue weighted by molar-refractivity contribution is 5.85. The fourth-order valence-corrected chi connectivity index (χ4v) is 1.35. The number of hydrazine groups is 1. The molecule has 3 nitrogen and oxygen atoms in total. The summed E-state index contributed by atoms with van der Waals surface area (Å²) < 4.78 is 37.3. The number of nitrogens with zero attached hydrogens (tertiary/aromatic N) is 2. The van der Waals surface area contributed by atoms with Crippen molar-refractivity contribution in [3.8, 4) is 0 Å². The summed E-state index contributed by atoms with van der Waals surface area (Å²) in [5, 5.41) is 0.983. The van der Waals surface area contributed by atoms with Gasteiger partial charge in [-0.25, -0.2) is 0 Å². The molecule has 1 atom stereocenters. The average molecular weight is 208 g/mol. The summed E-state index contributed by atoms with van der Waals surface area (Å²) in [7, 11) is 1.26. The molecular formula is C8H11F3N2O. The number of ketones is 1. The number of hydrogen-bond donors (Lipinski definition) is 0. The predicted molar refractivity (Wildman–Crippen MR) is 43.9 cm³/mol. The minimum absolute atomic E-state index is 0.0927. The Morgan fingerprint density at radius 3 is 2.50 bits per heavy atom. The number of halogens is 3. The van der Waals surface area contributed by atoms with Crippen molar-refractivity contribution >= 4 is 5.78 Å². The first kappa shape index (κ1) is 11.0. The molecular weight excluding hydrogens is 197 g/mol. The van der Waals surface area contributed by atoms with E-state index in [0.29, 0.717) is 0 Å². The topological polar surface area (TPSA) is 23.6 Å². The molecule has 1 aliphatic heterocycles. The van der Waals surface area contributed by atoms with Crippen molar-refractivity contribution in [1.82, 2.24) is 10.0 Å². The molecule has 0 spiro atoms. The van der Waals surface area contributed by atoms with Crippen molar-refractivity contribution in [3.63, 3.8) is 0 Å². The zero-order valence-corrected chi connectivity index (χ0v) is 7.88. The van der Waals surface area contributed by atoms with Gasteiger partial charge in [0.1, 0.15) is 6.04 Å². The Labute approximate surface area is 79.7 Å². The molecule has 1 rings (SSSR count). The van der Waals surface area contributed by atoms with Crippen molar-refractivity contribution in [1.29, 1.82) is 0 Å². The van der Waals surface area contributed by atoms with Gasteiger partial charge in [-0.3, -0.25) is 4.79 Å². The number of carbonyl (C=O) groups excluding carboxylic acids is 1. The smallest absolute Gasteiger partial charge is 0.308 e. The van der Waals surface area contributed by atoms with E-state index < -0.39 is 18.1 Å². The second-order valence-electron chi connectivity index (χ2n) is 2.99. The Bertz CT molecular complexity index is 262. The second-order valence-corrected chi connectivity index (χ2v) is 2.99. The summed E-state index contributed by atoms with van der Waals surface area (Å²) in [5.74, 6) is -0.442. The SMILES string of the molecule is CCC(=O)C1C=CN(C)N1C(F)(F)F. The summed E-state index contributed by atoms with van der Waals surface area (Å²) in [6.07, 6.45) is -1.94. The lowest BCUT2D eigenvalue weighted by atomic mass is 10.1. The van der Waals surface area contributed by atoms with Gasteiger partial charge in [0.25, 0.3) is 0 Å². The van der Waals surface area contributed by atoms with Crippen LogP contribution in [0.5, 0.6) is 0 Å². The monoisotopic (exact) mass is 208 g/mol. The number of alkyl halides is 3. The first-order valence-electron chi connectivity index (χ1n) is 4.17. The molecule has 0 aromatic heterocycles. The molecule has 1 heterocycles. The highest BCUT2D eigenvalue weighted by Crippen LogP contribution is 2.30. The molecule has 0 aromatic rings. The van der Waals surface area contributed by atoms with Gasteiger partial charge in [0.2, 0.25) is 0 Å². The maximum Gasteiger partial charge on any atom is 0.478 e. The largest absolute Gasteiger partial charge is 0.478 e. The van der Waals surface area contributed by atoms with Crippen LogP contribution in [0, 0.1) is 0 Å². The fraction of sp³-hybridized carbons (Fsp3) is 0.625. The van der Waals surface area contributed by atoms with Gasteiger partial charge in [0.15, 0.2) is 5.78 Å². The van der Waals surface area contributed by atoms with E-state index >= 15 is 0 Å². The maximum absolute atomic E-state index is 12.4. The summed E-state index contributed by atoms with van der Waals surface area (Å²) in [5.41, 5.74) is 0. The number of carbonyl (C=O) groups is 1. The van der Waals surface area contributed by atoms with E-state index in [-0.39, 0.29) is 11.4 Å². The van der Waals surface area contributed by atoms with Crippen LogP contribution >= 0.6 is 0 Å². The van der Waals surface area contributed by atoms with Gasteiger partial charge >= 0.3 is 6.30 Å². The average Bonchev–Trinajstić information content (AvgIpc) is 2.44. The molecule has 0 bridgehead atoms. The van der Waals surface area contributed by atoms with E-state index in [1.165, 1.54) is 19.3 Å². The van der Waals surface area contributed by atoms with E-state index in [0.717, 1.165) is 5.01 Å². The summed E-state index contributed by atoms with van der Waals surface area (Å²) in [6, 6.07) is -1.20. The number of rotatable bonds is 2. The van der Waals surface area contributed by atoms with E-state index in [1.54, 1.807) is 6.92 Å². The first-order chi connectivity index (χ1) is 6.38. The molecule has 1 aliphatic rings. The zero-order valence-electron chi connectivity index (χ0n) is 7.88. The Hall–Kier alpha value is -1.04. The molecule has 0 fully saturated rings. The van der Waals surface area contributed by atoms with Crippen LogP contribution in [0.2, 0.25) is 0 Å². The van der Waals surface area contributed by atoms with E-state index in [1.807, 2.05) is 0 Å². The van der Waals surface area contributed by atoms with Crippen LogP contribution in [0.3, 0.4) is 0 Å². The van der Waals surface area contributed by atoms with E-state index in [4.69, 9.17) is 0 Å². The molecule has 1 unspecified atom stereocenters. The van der Waals surface area contributed by atoms with Crippen LogP contribution < -0.4 is 0 Å². The third-order valence-electron chi connectivity index (χ3n) is 2.03. The molecule has 0 aliphatic carbocycles. The molecule has 0 saturated carbocycles. The van der Waals surface area contributed by atoms with Gasteiger partial charge < -0.3 is 5.01 Å². The van der Waals surface area contributed by atoms with Gasteiger partial charge in [0, 0.05) is 19.7 Å². The summed E-state index contributed by atoms with van der Waals surface area (Å²) in [6.45, 7) is 1.54. The van der Waals surface area contributed by atoms with Crippen molar-refractivity contribution in [2.45, 2.75) is 25.7 Å². The van der Waals surface area contributed by atoms with Gasteiger partial charge in [-0.1, -0.05) is 6.92 Å². The van der Waals surface area contributed by atoms with Crippen molar-refractivity contribution in [2.24, 2.45) is 0 Å². The van der Waals surface area contributed by atoms with Crippen LogP contribution in [0.25, 0.3) is 0 Å². The van der Waals surface area contributed by atoms with Gasteiger partial charge in [-0.05, 0) is 6.08 Å². The lowest BCUT2D eigenvalue weighted by molar-refractivity contribution is -0.299. The summed E-state index contributed by atoms with van der Waals surface area (Å²) >= 11 is 0. The van der Waals surface area contributed by atoms with E-state index in [2.05, 4.69) is 0 Å². The fourth-order valence-electron chi connectivity index (χ4n) is 1.35. The predicted octanol–water partition coefficient (Wildman–Crippen LogP) is 1.53. The molecule has 14 heavy (non-hydrogen) atoms. The van der Waals surface area contributed by atoms with Crippen LogP contribution in [0.15, 0.2) is 12.3 Å².